The minimum atomic E-state index is -4.36. The minimum Gasteiger partial charge on any atom is -0.220 e. The SMILES string of the molecule is FC(F)(F)Cc1nc(Cl)c(C2CCCC2)c(Cl)n1. The summed E-state index contributed by atoms with van der Waals surface area (Å²) in [6.07, 6.45) is -1.56. The summed E-state index contributed by atoms with van der Waals surface area (Å²) in [7, 11) is 0. The average Bonchev–Trinajstić information content (AvgIpc) is 2.66. The number of aromatic nitrogens is 2. The van der Waals surface area contributed by atoms with E-state index < -0.39 is 12.6 Å². The zero-order chi connectivity index (χ0) is 13.3. The molecule has 0 aliphatic heterocycles. The number of nitrogens with zero attached hydrogens (tertiary/aromatic N) is 2. The predicted molar refractivity (Wildman–Crippen MR) is 63.0 cm³/mol. The van der Waals surface area contributed by atoms with Gasteiger partial charge in [0.1, 0.15) is 22.6 Å². The van der Waals surface area contributed by atoms with E-state index in [9.17, 15) is 13.2 Å². The molecule has 1 aromatic heterocycles. The van der Waals surface area contributed by atoms with Gasteiger partial charge in [-0.15, -0.1) is 0 Å². The highest BCUT2D eigenvalue weighted by Gasteiger charge is 2.31. The van der Waals surface area contributed by atoms with Crippen molar-refractivity contribution in [2.24, 2.45) is 0 Å². The molecular weight excluding hydrogens is 288 g/mol. The van der Waals surface area contributed by atoms with E-state index in [-0.39, 0.29) is 22.0 Å². The van der Waals surface area contributed by atoms with Gasteiger partial charge in [-0.3, -0.25) is 0 Å². The Morgan fingerprint density at radius 2 is 1.56 bits per heavy atom. The Balaban J connectivity index is 2.29. The van der Waals surface area contributed by atoms with Crippen LogP contribution in [0.1, 0.15) is 43.0 Å². The fourth-order valence-electron chi connectivity index (χ4n) is 2.27. The van der Waals surface area contributed by atoms with Gasteiger partial charge < -0.3 is 0 Å². The molecule has 0 aromatic carbocycles. The summed E-state index contributed by atoms with van der Waals surface area (Å²) in [5.74, 6) is -0.204. The molecule has 2 nitrogen and oxygen atoms in total. The van der Waals surface area contributed by atoms with Crippen LogP contribution in [0.4, 0.5) is 13.2 Å². The number of rotatable bonds is 2. The van der Waals surface area contributed by atoms with Crippen LogP contribution in [0.25, 0.3) is 0 Å². The molecule has 1 aromatic rings. The molecule has 0 spiro atoms. The van der Waals surface area contributed by atoms with Crippen LogP contribution in [-0.4, -0.2) is 16.1 Å². The van der Waals surface area contributed by atoms with E-state index in [0.717, 1.165) is 25.7 Å². The lowest BCUT2D eigenvalue weighted by atomic mass is 10.0. The summed E-state index contributed by atoms with van der Waals surface area (Å²) >= 11 is 11.9. The topological polar surface area (TPSA) is 25.8 Å². The molecular formula is C11H11Cl2F3N2. The van der Waals surface area contributed by atoms with Gasteiger partial charge in [-0.2, -0.15) is 13.2 Å². The predicted octanol–water partition coefficient (Wildman–Crippen LogP) is 4.55. The first-order chi connectivity index (χ1) is 8.37. The molecule has 1 aliphatic rings. The second-order valence-corrected chi connectivity index (χ2v) is 5.12. The van der Waals surface area contributed by atoms with E-state index in [4.69, 9.17) is 23.2 Å². The average molecular weight is 299 g/mol. The Hall–Kier alpha value is -0.550. The first kappa shape index (κ1) is 13.9. The molecule has 7 heteroatoms. The molecule has 2 rings (SSSR count). The van der Waals surface area contributed by atoms with Gasteiger partial charge in [-0.1, -0.05) is 36.0 Å². The number of alkyl halides is 3. The van der Waals surface area contributed by atoms with Gasteiger partial charge in [-0.25, -0.2) is 9.97 Å². The zero-order valence-corrected chi connectivity index (χ0v) is 10.9. The van der Waals surface area contributed by atoms with Crippen molar-refractivity contribution in [1.82, 2.24) is 9.97 Å². The van der Waals surface area contributed by atoms with Crippen molar-refractivity contribution < 1.29 is 13.2 Å². The number of hydrogen-bond donors (Lipinski definition) is 0. The maximum absolute atomic E-state index is 12.2. The van der Waals surface area contributed by atoms with E-state index in [1.807, 2.05) is 0 Å². The molecule has 0 amide bonds. The standard InChI is InChI=1S/C11H11Cl2F3N2/c12-9-8(6-3-1-2-4-6)10(13)18-7(17-9)5-11(14,15)16/h6H,1-5H2. The van der Waals surface area contributed by atoms with Crippen LogP contribution in [0, 0.1) is 0 Å². The van der Waals surface area contributed by atoms with Gasteiger partial charge in [0.15, 0.2) is 0 Å². The van der Waals surface area contributed by atoms with E-state index in [2.05, 4.69) is 9.97 Å². The molecule has 1 fully saturated rings. The summed E-state index contributed by atoms with van der Waals surface area (Å²) in [4.78, 5) is 7.43. The molecule has 0 bridgehead atoms. The highest BCUT2D eigenvalue weighted by molar-refractivity contribution is 6.34. The normalized spacial score (nSPS) is 17.4. The molecule has 0 radical (unpaired) electrons. The Labute approximate surface area is 113 Å². The maximum atomic E-state index is 12.2. The summed E-state index contributed by atoms with van der Waals surface area (Å²) in [5.41, 5.74) is 0.599. The highest BCUT2D eigenvalue weighted by Crippen LogP contribution is 2.40. The van der Waals surface area contributed by atoms with Crippen LogP contribution in [0.3, 0.4) is 0 Å². The van der Waals surface area contributed by atoms with Gasteiger partial charge in [0.05, 0.1) is 0 Å². The van der Waals surface area contributed by atoms with Gasteiger partial charge in [-0.05, 0) is 18.8 Å². The summed E-state index contributed by atoms with van der Waals surface area (Å²) in [6.45, 7) is 0. The second-order valence-electron chi connectivity index (χ2n) is 4.41. The second kappa shape index (κ2) is 5.21. The number of halogens is 5. The van der Waals surface area contributed by atoms with E-state index in [0.29, 0.717) is 5.56 Å². The third-order valence-electron chi connectivity index (χ3n) is 3.02. The van der Waals surface area contributed by atoms with Crippen molar-refractivity contribution in [3.05, 3.63) is 21.7 Å². The molecule has 1 saturated carbocycles. The summed E-state index contributed by atoms with van der Waals surface area (Å²) in [6, 6.07) is 0. The van der Waals surface area contributed by atoms with Crippen molar-refractivity contribution in [3.63, 3.8) is 0 Å². The van der Waals surface area contributed by atoms with Crippen molar-refractivity contribution in [2.45, 2.75) is 44.2 Å². The van der Waals surface area contributed by atoms with Crippen molar-refractivity contribution in [3.8, 4) is 0 Å². The highest BCUT2D eigenvalue weighted by atomic mass is 35.5. The van der Waals surface area contributed by atoms with Gasteiger partial charge >= 0.3 is 6.18 Å². The molecule has 18 heavy (non-hydrogen) atoms. The van der Waals surface area contributed by atoms with Crippen LogP contribution >= 0.6 is 23.2 Å². The molecule has 1 heterocycles. The maximum Gasteiger partial charge on any atom is 0.396 e. The van der Waals surface area contributed by atoms with Crippen LogP contribution < -0.4 is 0 Å². The van der Waals surface area contributed by atoms with E-state index in [1.165, 1.54) is 0 Å². The largest absolute Gasteiger partial charge is 0.396 e. The monoisotopic (exact) mass is 298 g/mol. The number of hydrogen-bond acceptors (Lipinski definition) is 2. The Bertz CT molecular complexity index is 419. The van der Waals surface area contributed by atoms with Gasteiger partial charge in [0.2, 0.25) is 0 Å². The molecule has 0 atom stereocenters. The van der Waals surface area contributed by atoms with Crippen molar-refractivity contribution in [2.75, 3.05) is 0 Å². The summed E-state index contributed by atoms with van der Waals surface area (Å²) in [5, 5.41) is 0.113. The van der Waals surface area contributed by atoms with Gasteiger partial charge in [0.25, 0.3) is 0 Å². The summed E-state index contributed by atoms with van der Waals surface area (Å²) < 4.78 is 36.7. The first-order valence-corrected chi connectivity index (χ1v) is 6.41. The molecule has 1 aliphatic carbocycles. The lowest BCUT2D eigenvalue weighted by molar-refractivity contribution is -0.128. The van der Waals surface area contributed by atoms with Gasteiger partial charge in [0, 0.05) is 5.56 Å². The minimum absolute atomic E-state index is 0.0566. The van der Waals surface area contributed by atoms with E-state index in [1.54, 1.807) is 0 Å². The Kier molecular flexibility index (Phi) is 4.02. The quantitative estimate of drug-likeness (QED) is 0.749. The zero-order valence-electron chi connectivity index (χ0n) is 9.40. The lowest BCUT2D eigenvalue weighted by Gasteiger charge is -2.14. The van der Waals surface area contributed by atoms with E-state index >= 15 is 0 Å². The molecule has 0 saturated heterocycles. The third-order valence-corrected chi connectivity index (χ3v) is 3.60. The van der Waals surface area contributed by atoms with Crippen LogP contribution in [-0.2, 0) is 6.42 Å². The Morgan fingerprint density at radius 3 is 2.00 bits per heavy atom. The third kappa shape index (κ3) is 3.26. The first-order valence-electron chi connectivity index (χ1n) is 5.65. The molecule has 100 valence electrons. The fourth-order valence-corrected chi connectivity index (χ4v) is 3.00. The molecule has 0 unspecified atom stereocenters. The fraction of sp³-hybridized carbons (Fsp3) is 0.636. The molecule has 0 N–H and O–H groups in total. The smallest absolute Gasteiger partial charge is 0.220 e. The van der Waals surface area contributed by atoms with Crippen LogP contribution in [0.15, 0.2) is 0 Å². The lowest BCUT2D eigenvalue weighted by Crippen LogP contribution is -2.15. The van der Waals surface area contributed by atoms with Crippen LogP contribution in [0.2, 0.25) is 10.3 Å². The Morgan fingerprint density at radius 1 is 1.06 bits per heavy atom. The van der Waals surface area contributed by atoms with Crippen molar-refractivity contribution >= 4 is 23.2 Å². The van der Waals surface area contributed by atoms with Crippen LogP contribution in [0.5, 0.6) is 0 Å². The van der Waals surface area contributed by atoms with Crippen molar-refractivity contribution in [1.29, 1.82) is 0 Å².